The van der Waals surface area contributed by atoms with Crippen molar-refractivity contribution < 1.29 is 23.6 Å². The Labute approximate surface area is 252 Å². The molecule has 3 saturated heterocycles. The average Bonchev–Trinajstić information content (AvgIpc) is 3.24. The van der Waals surface area contributed by atoms with Crippen molar-refractivity contribution in [3.63, 3.8) is 0 Å². The minimum absolute atomic E-state index is 0.187. The van der Waals surface area contributed by atoms with Crippen molar-refractivity contribution in [3.05, 3.63) is 23.8 Å². The van der Waals surface area contributed by atoms with Crippen LogP contribution in [-0.2, 0) is 24.3 Å². The third-order valence-corrected chi connectivity index (χ3v) is 11.0. The Hall–Kier alpha value is -2.10. The summed E-state index contributed by atoms with van der Waals surface area (Å²) < 4.78 is 18.5. The van der Waals surface area contributed by atoms with E-state index < -0.39 is 29.3 Å². The van der Waals surface area contributed by atoms with E-state index in [4.69, 9.17) is 14.0 Å². The van der Waals surface area contributed by atoms with E-state index in [1.54, 1.807) is 4.90 Å². The van der Waals surface area contributed by atoms with Crippen molar-refractivity contribution in [2.24, 2.45) is 0 Å². The lowest BCUT2D eigenvalue weighted by molar-refractivity contribution is -0.126. The molecule has 4 fully saturated rings. The van der Waals surface area contributed by atoms with E-state index in [0.717, 1.165) is 29.6 Å². The number of rotatable bonds is 3. The van der Waals surface area contributed by atoms with Crippen LogP contribution in [0.1, 0.15) is 106 Å². The van der Waals surface area contributed by atoms with Crippen LogP contribution < -0.4 is 10.4 Å². The fourth-order valence-corrected chi connectivity index (χ4v) is 7.68. The third kappa shape index (κ3) is 4.97. The first-order chi connectivity index (χ1) is 19.6. The quantitative estimate of drug-likeness (QED) is 0.470. The Bertz CT molecular complexity index is 1210. The fourth-order valence-electron chi connectivity index (χ4n) is 7.68. The molecule has 4 aliphatic heterocycles. The van der Waals surface area contributed by atoms with Crippen LogP contribution in [0.15, 0.2) is 18.2 Å². The summed E-state index contributed by atoms with van der Waals surface area (Å²) in [5, 5.41) is 0. The summed E-state index contributed by atoms with van der Waals surface area (Å²) in [4.78, 5) is 34.0. The first-order valence-corrected chi connectivity index (χ1v) is 16.2. The summed E-state index contributed by atoms with van der Waals surface area (Å²) in [6, 6.07) is 7.72. The van der Waals surface area contributed by atoms with Crippen molar-refractivity contribution in [2.75, 3.05) is 24.5 Å². The highest BCUT2D eigenvalue weighted by atomic mass is 16.7. The summed E-state index contributed by atoms with van der Waals surface area (Å²) in [5.41, 5.74) is 1.01. The van der Waals surface area contributed by atoms with Gasteiger partial charge in [-0.15, -0.1) is 0 Å². The molecule has 1 spiro atoms. The number of hydrogen-bond acceptors (Lipinski definition) is 6. The molecule has 0 N–H and O–H groups in total. The predicted molar refractivity (Wildman–Crippen MR) is 165 cm³/mol. The Morgan fingerprint density at radius 1 is 0.976 bits per heavy atom. The zero-order valence-corrected chi connectivity index (χ0v) is 27.0. The van der Waals surface area contributed by atoms with Gasteiger partial charge in [-0.1, -0.05) is 18.6 Å². The van der Waals surface area contributed by atoms with Crippen molar-refractivity contribution in [3.8, 4) is 0 Å². The normalized spacial score (nSPS) is 30.4. The zero-order chi connectivity index (χ0) is 30.2. The van der Waals surface area contributed by atoms with E-state index in [0.29, 0.717) is 38.0 Å². The first-order valence-electron chi connectivity index (χ1n) is 16.2. The molecule has 4 heterocycles. The molecular weight excluding hydrogens is 529 g/mol. The van der Waals surface area contributed by atoms with E-state index in [-0.39, 0.29) is 18.0 Å². The minimum Gasteiger partial charge on any atom is -0.444 e. The number of benzene rings is 1. The molecule has 6 rings (SSSR count). The highest BCUT2D eigenvalue weighted by Gasteiger charge is 2.57. The number of anilines is 1. The Morgan fingerprint density at radius 3 is 2.21 bits per heavy atom. The van der Waals surface area contributed by atoms with Gasteiger partial charge in [0, 0.05) is 36.9 Å². The molecular formula is C33H50BN3O5. The van der Waals surface area contributed by atoms with Crippen LogP contribution in [0.25, 0.3) is 0 Å². The highest BCUT2D eigenvalue weighted by molar-refractivity contribution is 6.62. The maximum atomic E-state index is 14.6. The smallest absolute Gasteiger partial charge is 0.444 e. The van der Waals surface area contributed by atoms with Crippen LogP contribution in [-0.4, -0.2) is 83.5 Å². The molecule has 1 aromatic rings. The molecule has 2 amide bonds. The zero-order valence-electron chi connectivity index (χ0n) is 27.0. The number of nitrogens with zero attached hydrogens (tertiary/aromatic N) is 3. The van der Waals surface area contributed by atoms with Gasteiger partial charge in [0.1, 0.15) is 5.60 Å². The maximum absolute atomic E-state index is 14.6. The summed E-state index contributed by atoms with van der Waals surface area (Å²) in [7, 11) is -0.480. The summed E-state index contributed by atoms with van der Waals surface area (Å²) >= 11 is 0. The Kier molecular flexibility index (Phi) is 7.30. The van der Waals surface area contributed by atoms with Crippen molar-refractivity contribution in [2.45, 2.75) is 141 Å². The molecule has 1 atom stereocenters. The van der Waals surface area contributed by atoms with Gasteiger partial charge in [-0.2, -0.15) is 0 Å². The number of likely N-dealkylation sites (tertiary alicyclic amines) is 2. The second kappa shape index (κ2) is 10.2. The van der Waals surface area contributed by atoms with E-state index in [9.17, 15) is 9.59 Å². The van der Waals surface area contributed by atoms with Crippen LogP contribution in [0.3, 0.4) is 0 Å². The Balaban J connectivity index is 1.28. The molecule has 230 valence electrons. The molecule has 42 heavy (non-hydrogen) atoms. The van der Waals surface area contributed by atoms with Crippen molar-refractivity contribution >= 4 is 30.3 Å². The number of fused-ring (bicyclic) bond motifs is 2. The molecule has 1 aliphatic carbocycles. The molecule has 9 heteroatoms. The average molecular weight is 580 g/mol. The number of piperidine rings is 2. The van der Waals surface area contributed by atoms with Crippen LogP contribution in [0.5, 0.6) is 0 Å². The van der Waals surface area contributed by atoms with Crippen molar-refractivity contribution in [1.82, 2.24) is 9.80 Å². The monoisotopic (exact) mass is 579 g/mol. The third-order valence-electron chi connectivity index (χ3n) is 11.0. The molecule has 1 saturated carbocycles. The summed E-state index contributed by atoms with van der Waals surface area (Å²) in [5.74, 6) is 0.197. The van der Waals surface area contributed by atoms with E-state index in [1.807, 2.05) is 20.8 Å². The van der Waals surface area contributed by atoms with Gasteiger partial charge in [0.05, 0.1) is 16.6 Å². The van der Waals surface area contributed by atoms with E-state index >= 15 is 0 Å². The van der Waals surface area contributed by atoms with Gasteiger partial charge in [-0.3, -0.25) is 9.69 Å². The molecule has 1 aromatic carbocycles. The fraction of sp³-hybridized carbons (Fsp3) is 0.758. The van der Waals surface area contributed by atoms with Gasteiger partial charge >= 0.3 is 13.2 Å². The molecule has 5 aliphatic rings. The second-order valence-electron chi connectivity index (χ2n) is 15.5. The number of carbonyl (C=O) groups excluding carboxylic acids is 2. The van der Waals surface area contributed by atoms with E-state index in [1.165, 1.54) is 25.8 Å². The van der Waals surface area contributed by atoms with Gasteiger partial charge in [-0.25, -0.2) is 4.79 Å². The number of carbonyl (C=O) groups is 2. The summed E-state index contributed by atoms with van der Waals surface area (Å²) in [6.07, 6.45) is 6.78. The van der Waals surface area contributed by atoms with Crippen LogP contribution in [0.4, 0.5) is 10.5 Å². The summed E-state index contributed by atoms with van der Waals surface area (Å²) in [6.45, 7) is 18.5. The topological polar surface area (TPSA) is 71.6 Å². The lowest BCUT2D eigenvalue weighted by atomic mass is 9.71. The first kappa shape index (κ1) is 30.0. The van der Waals surface area contributed by atoms with E-state index in [2.05, 4.69) is 62.6 Å². The highest BCUT2D eigenvalue weighted by Crippen LogP contribution is 2.51. The van der Waals surface area contributed by atoms with Gasteiger partial charge in [0.25, 0.3) is 0 Å². The standard InChI is InChI=1S/C33H50BN3O5/c1-22-11-9-10-16-36(22)24-20-25(21-24)37-27-19-23(34-41-31(5,6)32(7,8)42-34)12-13-26(27)33(28(37)38)14-17-35(18-15-33)29(39)40-30(2,3)4/h12-13,19,22,24-25H,9-11,14-18,20-21H2,1-8H3/t22-,24-,25+/m0/s1. The lowest BCUT2D eigenvalue weighted by Gasteiger charge is -2.50. The van der Waals surface area contributed by atoms with Crippen molar-refractivity contribution in [1.29, 1.82) is 0 Å². The SMILES string of the molecule is C[C@H]1CCCCN1[C@H]1C[C@@H](N2C(=O)C3(CCN(C(=O)OC(C)(C)C)CC3)c3ccc(B4OC(C)(C)C(C)(C)O4)cc32)C1. The maximum Gasteiger partial charge on any atom is 0.494 e. The molecule has 0 radical (unpaired) electrons. The number of amides is 2. The molecule has 0 bridgehead atoms. The van der Waals surface area contributed by atoms with Gasteiger partial charge < -0.3 is 23.8 Å². The predicted octanol–water partition coefficient (Wildman–Crippen LogP) is 5.01. The largest absolute Gasteiger partial charge is 0.494 e. The van der Waals surface area contributed by atoms with Gasteiger partial charge in [-0.05, 0) is 118 Å². The van der Waals surface area contributed by atoms with Gasteiger partial charge in [0.2, 0.25) is 5.91 Å². The van der Waals surface area contributed by atoms with Crippen LogP contribution in [0.2, 0.25) is 0 Å². The molecule has 0 aromatic heterocycles. The molecule has 8 nitrogen and oxygen atoms in total. The van der Waals surface area contributed by atoms with Crippen LogP contribution in [0, 0.1) is 0 Å². The minimum atomic E-state index is -0.619. The van der Waals surface area contributed by atoms with Gasteiger partial charge in [0.15, 0.2) is 0 Å². The number of hydrogen-bond donors (Lipinski definition) is 0. The molecule has 0 unspecified atom stereocenters. The lowest BCUT2D eigenvalue weighted by Crippen LogP contribution is -2.59. The van der Waals surface area contributed by atoms with Crippen LogP contribution >= 0.6 is 0 Å². The Morgan fingerprint density at radius 2 is 1.62 bits per heavy atom. The number of ether oxygens (including phenoxy) is 1. The second-order valence-corrected chi connectivity index (χ2v) is 15.5.